The Balaban J connectivity index is 2.02. The summed E-state index contributed by atoms with van der Waals surface area (Å²) in [7, 11) is 0. The first-order valence-corrected chi connectivity index (χ1v) is 6.54. The summed E-state index contributed by atoms with van der Waals surface area (Å²) < 4.78 is 5.93. The van der Waals surface area contributed by atoms with Crippen LogP contribution in [0, 0.1) is 0 Å². The highest BCUT2D eigenvalue weighted by molar-refractivity contribution is 9.09. The monoisotopic (exact) mass is 296 g/mol. The van der Waals surface area contributed by atoms with Gasteiger partial charge in [0.15, 0.2) is 0 Å². The smallest absolute Gasteiger partial charge is 0.0705 e. The number of hydrogen-bond acceptors (Lipinski definition) is 1. The summed E-state index contributed by atoms with van der Waals surface area (Å²) in [6, 6.07) is 0. The van der Waals surface area contributed by atoms with Crippen LogP contribution in [0.3, 0.4) is 0 Å². The van der Waals surface area contributed by atoms with E-state index < -0.39 is 0 Å². The fraction of sp³-hybridized carbons (Fsp3) is 1.00. The molecule has 2 bridgehead atoms. The van der Waals surface area contributed by atoms with Crippen LogP contribution >= 0.6 is 31.9 Å². The number of rotatable bonds is 0. The topological polar surface area (TPSA) is 9.23 Å². The van der Waals surface area contributed by atoms with Crippen LogP contribution in [0.4, 0.5) is 0 Å². The van der Waals surface area contributed by atoms with Crippen molar-refractivity contribution in [3.8, 4) is 0 Å². The van der Waals surface area contributed by atoms with E-state index in [9.17, 15) is 0 Å². The maximum absolute atomic E-state index is 5.93. The molecule has 4 unspecified atom stereocenters. The second-order valence-corrected chi connectivity index (χ2v) is 6.11. The second kappa shape index (κ2) is 3.97. The molecule has 4 atom stereocenters. The average Bonchev–Trinajstić information content (AvgIpc) is 2.51. The van der Waals surface area contributed by atoms with E-state index in [0.717, 1.165) is 0 Å². The zero-order valence-corrected chi connectivity index (χ0v) is 10.2. The number of hydrogen-bond donors (Lipinski definition) is 0. The van der Waals surface area contributed by atoms with E-state index >= 15 is 0 Å². The lowest BCUT2D eigenvalue weighted by atomic mass is 10.1. The predicted octanol–water partition coefficient (Wildman–Crippen LogP) is 3.24. The normalized spacial score (nSPS) is 48.5. The third kappa shape index (κ3) is 1.88. The van der Waals surface area contributed by atoms with Crippen LogP contribution < -0.4 is 0 Å². The van der Waals surface area contributed by atoms with Gasteiger partial charge in [0.25, 0.3) is 0 Å². The molecule has 70 valence electrons. The molecule has 0 radical (unpaired) electrons. The van der Waals surface area contributed by atoms with Gasteiger partial charge in [0.2, 0.25) is 0 Å². The number of halogens is 2. The van der Waals surface area contributed by atoms with E-state index in [1.54, 1.807) is 0 Å². The quantitative estimate of drug-likeness (QED) is 0.624. The van der Waals surface area contributed by atoms with E-state index in [0.29, 0.717) is 21.9 Å². The van der Waals surface area contributed by atoms with E-state index in [1.165, 1.54) is 32.1 Å². The highest BCUT2D eigenvalue weighted by atomic mass is 79.9. The van der Waals surface area contributed by atoms with Gasteiger partial charge in [0, 0.05) is 9.65 Å². The minimum atomic E-state index is 0.482. The molecule has 0 aromatic carbocycles. The van der Waals surface area contributed by atoms with Gasteiger partial charge in [0.05, 0.1) is 12.2 Å². The molecule has 0 aromatic rings. The molecule has 0 aromatic heterocycles. The Morgan fingerprint density at radius 1 is 0.833 bits per heavy atom. The van der Waals surface area contributed by atoms with Crippen molar-refractivity contribution in [3.63, 3.8) is 0 Å². The van der Waals surface area contributed by atoms with Gasteiger partial charge in [-0.2, -0.15) is 0 Å². The van der Waals surface area contributed by atoms with Crippen molar-refractivity contribution in [2.24, 2.45) is 0 Å². The molecule has 2 fully saturated rings. The first-order valence-electron chi connectivity index (χ1n) is 4.71. The Kier molecular flexibility index (Phi) is 3.13. The molecule has 1 nitrogen and oxygen atoms in total. The summed E-state index contributed by atoms with van der Waals surface area (Å²) >= 11 is 7.41. The average molecular weight is 298 g/mol. The van der Waals surface area contributed by atoms with Crippen LogP contribution in [0.2, 0.25) is 0 Å². The molecular weight excluding hydrogens is 284 g/mol. The molecule has 0 saturated carbocycles. The van der Waals surface area contributed by atoms with Crippen LogP contribution in [0.15, 0.2) is 0 Å². The van der Waals surface area contributed by atoms with Gasteiger partial charge in [-0.15, -0.1) is 0 Å². The molecule has 2 rings (SSSR count). The molecular formula is C9H14Br2O. The first kappa shape index (κ1) is 9.47. The Morgan fingerprint density at radius 3 is 1.83 bits per heavy atom. The molecule has 2 saturated heterocycles. The Hall–Kier alpha value is 0.920. The molecule has 0 N–H and O–H groups in total. The SMILES string of the molecule is BrC1CCCC(Br)C2CCC1O2. The van der Waals surface area contributed by atoms with Gasteiger partial charge in [-0.25, -0.2) is 0 Å². The fourth-order valence-electron chi connectivity index (χ4n) is 2.10. The number of alkyl halides is 2. The van der Waals surface area contributed by atoms with Crippen LogP contribution in [0.25, 0.3) is 0 Å². The van der Waals surface area contributed by atoms with Gasteiger partial charge < -0.3 is 4.74 Å². The van der Waals surface area contributed by atoms with Crippen LogP contribution in [0.5, 0.6) is 0 Å². The molecule has 0 spiro atoms. The van der Waals surface area contributed by atoms with Crippen LogP contribution in [-0.4, -0.2) is 21.9 Å². The largest absolute Gasteiger partial charge is 0.373 e. The van der Waals surface area contributed by atoms with Gasteiger partial charge in [-0.3, -0.25) is 0 Å². The van der Waals surface area contributed by atoms with Crippen molar-refractivity contribution < 1.29 is 4.74 Å². The second-order valence-electron chi connectivity index (χ2n) is 3.75. The summed E-state index contributed by atoms with van der Waals surface area (Å²) in [5.74, 6) is 0. The third-order valence-electron chi connectivity index (χ3n) is 2.85. The Labute approximate surface area is 90.5 Å². The minimum absolute atomic E-state index is 0.482. The van der Waals surface area contributed by atoms with Crippen LogP contribution in [-0.2, 0) is 4.74 Å². The molecule has 12 heavy (non-hydrogen) atoms. The zero-order chi connectivity index (χ0) is 8.55. The Bertz CT molecular complexity index is 147. The number of fused-ring (bicyclic) bond motifs is 2. The van der Waals surface area contributed by atoms with Crippen molar-refractivity contribution in [1.82, 2.24) is 0 Å². The predicted molar refractivity (Wildman–Crippen MR) is 57.2 cm³/mol. The maximum atomic E-state index is 5.93. The van der Waals surface area contributed by atoms with E-state index in [4.69, 9.17) is 4.74 Å². The lowest BCUT2D eigenvalue weighted by Gasteiger charge is -2.25. The van der Waals surface area contributed by atoms with Gasteiger partial charge in [0.1, 0.15) is 0 Å². The molecule has 0 aliphatic carbocycles. The molecule has 2 aliphatic heterocycles. The molecule has 2 aliphatic rings. The summed E-state index contributed by atoms with van der Waals surface area (Å²) in [5.41, 5.74) is 0. The summed E-state index contributed by atoms with van der Waals surface area (Å²) in [4.78, 5) is 1.20. The summed E-state index contributed by atoms with van der Waals surface area (Å²) in [6.45, 7) is 0. The standard InChI is InChI=1S/C9H14Br2O/c10-6-2-1-3-7(11)9-5-4-8(6)12-9/h6-9H,1-5H2. The van der Waals surface area contributed by atoms with E-state index in [2.05, 4.69) is 31.9 Å². The van der Waals surface area contributed by atoms with Crippen molar-refractivity contribution in [3.05, 3.63) is 0 Å². The highest BCUT2D eigenvalue weighted by Crippen LogP contribution is 2.36. The first-order chi connectivity index (χ1) is 5.77. The number of ether oxygens (including phenoxy) is 1. The minimum Gasteiger partial charge on any atom is -0.373 e. The summed E-state index contributed by atoms with van der Waals surface area (Å²) in [6.07, 6.45) is 7.29. The third-order valence-corrected chi connectivity index (χ3v) is 4.95. The van der Waals surface area contributed by atoms with Crippen molar-refractivity contribution in [1.29, 1.82) is 0 Å². The highest BCUT2D eigenvalue weighted by Gasteiger charge is 2.35. The van der Waals surface area contributed by atoms with Gasteiger partial charge in [-0.1, -0.05) is 38.3 Å². The molecule has 2 heterocycles. The van der Waals surface area contributed by atoms with Crippen LogP contribution in [0.1, 0.15) is 32.1 Å². The lowest BCUT2D eigenvalue weighted by Crippen LogP contribution is -2.28. The zero-order valence-electron chi connectivity index (χ0n) is 7.01. The molecule has 3 heteroatoms. The van der Waals surface area contributed by atoms with Gasteiger partial charge in [-0.05, 0) is 25.7 Å². The van der Waals surface area contributed by atoms with Crippen molar-refractivity contribution in [2.75, 3.05) is 0 Å². The maximum Gasteiger partial charge on any atom is 0.0705 e. The molecule has 0 amide bonds. The van der Waals surface area contributed by atoms with Crippen molar-refractivity contribution in [2.45, 2.75) is 54.0 Å². The van der Waals surface area contributed by atoms with Crippen molar-refractivity contribution >= 4 is 31.9 Å². The Morgan fingerprint density at radius 2 is 1.33 bits per heavy atom. The van der Waals surface area contributed by atoms with Gasteiger partial charge >= 0.3 is 0 Å². The lowest BCUT2D eigenvalue weighted by molar-refractivity contribution is 0.0353. The van der Waals surface area contributed by atoms with E-state index in [-0.39, 0.29) is 0 Å². The summed E-state index contributed by atoms with van der Waals surface area (Å²) in [5, 5.41) is 0. The van der Waals surface area contributed by atoms with E-state index in [1.807, 2.05) is 0 Å². The fourth-order valence-corrected chi connectivity index (χ4v) is 3.53.